The van der Waals surface area contributed by atoms with Crippen LogP contribution in [0.3, 0.4) is 0 Å². The van der Waals surface area contributed by atoms with Gasteiger partial charge in [0.05, 0.1) is 18.6 Å². The SMILES string of the molecule is CCOC(=O)CN(c1ccc(C)cc1F)S(C)(=O)=O. The van der Waals surface area contributed by atoms with E-state index in [4.69, 9.17) is 0 Å². The highest BCUT2D eigenvalue weighted by molar-refractivity contribution is 7.92. The molecular formula is C12H16FNO4S. The minimum atomic E-state index is -3.77. The number of halogens is 1. The zero-order valence-electron chi connectivity index (χ0n) is 11.0. The molecule has 5 nitrogen and oxygen atoms in total. The van der Waals surface area contributed by atoms with E-state index in [0.717, 1.165) is 6.26 Å². The molecule has 0 aliphatic heterocycles. The number of carbonyl (C=O) groups excluding carboxylic acids is 1. The lowest BCUT2D eigenvalue weighted by Crippen LogP contribution is -2.36. The summed E-state index contributed by atoms with van der Waals surface area (Å²) in [5.41, 5.74) is 0.493. The van der Waals surface area contributed by atoms with Gasteiger partial charge in [-0.2, -0.15) is 0 Å². The van der Waals surface area contributed by atoms with Crippen LogP contribution in [0.1, 0.15) is 12.5 Å². The first-order valence-electron chi connectivity index (χ1n) is 5.65. The number of aryl methyl sites for hydroxylation is 1. The van der Waals surface area contributed by atoms with Crippen molar-refractivity contribution in [2.75, 3.05) is 23.7 Å². The highest BCUT2D eigenvalue weighted by Gasteiger charge is 2.24. The van der Waals surface area contributed by atoms with Crippen molar-refractivity contribution in [1.82, 2.24) is 0 Å². The molecule has 0 spiro atoms. The molecule has 0 atom stereocenters. The monoisotopic (exact) mass is 289 g/mol. The van der Waals surface area contributed by atoms with E-state index in [-0.39, 0.29) is 12.3 Å². The van der Waals surface area contributed by atoms with Gasteiger partial charge < -0.3 is 4.74 Å². The Labute approximate surface area is 112 Å². The molecule has 0 N–H and O–H groups in total. The minimum Gasteiger partial charge on any atom is -0.465 e. The third kappa shape index (κ3) is 4.20. The maximum Gasteiger partial charge on any atom is 0.326 e. The molecule has 1 rings (SSSR count). The molecule has 0 unspecified atom stereocenters. The van der Waals surface area contributed by atoms with Gasteiger partial charge in [0.1, 0.15) is 12.4 Å². The second kappa shape index (κ2) is 6.01. The van der Waals surface area contributed by atoms with Crippen molar-refractivity contribution in [3.63, 3.8) is 0 Å². The number of hydrogen-bond acceptors (Lipinski definition) is 4. The van der Waals surface area contributed by atoms with Gasteiger partial charge in [0.15, 0.2) is 0 Å². The number of ether oxygens (including phenoxy) is 1. The van der Waals surface area contributed by atoms with Gasteiger partial charge >= 0.3 is 5.97 Å². The van der Waals surface area contributed by atoms with Crippen LogP contribution in [0.2, 0.25) is 0 Å². The number of sulfonamides is 1. The summed E-state index contributed by atoms with van der Waals surface area (Å²) in [4.78, 5) is 11.4. The van der Waals surface area contributed by atoms with Crippen molar-refractivity contribution in [3.05, 3.63) is 29.6 Å². The molecule has 0 radical (unpaired) electrons. The average Bonchev–Trinajstić information content (AvgIpc) is 2.25. The van der Waals surface area contributed by atoms with Gasteiger partial charge in [0.2, 0.25) is 10.0 Å². The molecule has 0 amide bonds. The van der Waals surface area contributed by atoms with Crippen molar-refractivity contribution in [2.24, 2.45) is 0 Å². The van der Waals surface area contributed by atoms with E-state index in [0.29, 0.717) is 9.87 Å². The zero-order valence-corrected chi connectivity index (χ0v) is 11.8. The van der Waals surface area contributed by atoms with E-state index in [1.54, 1.807) is 19.9 Å². The molecule has 0 bridgehead atoms. The number of hydrogen-bond donors (Lipinski definition) is 0. The fourth-order valence-electron chi connectivity index (χ4n) is 1.52. The molecular weight excluding hydrogens is 273 g/mol. The second-order valence-electron chi connectivity index (χ2n) is 4.03. The van der Waals surface area contributed by atoms with E-state index in [1.807, 2.05) is 0 Å². The Kier molecular flexibility index (Phi) is 4.88. The Hall–Kier alpha value is -1.63. The molecule has 0 fully saturated rings. The maximum atomic E-state index is 13.8. The zero-order chi connectivity index (χ0) is 14.6. The van der Waals surface area contributed by atoms with E-state index in [9.17, 15) is 17.6 Å². The summed E-state index contributed by atoms with van der Waals surface area (Å²) in [6, 6.07) is 4.10. The second-order valence-corrected chi connectivity index (χ2v) is 5.94. The van der Waals surface area contributed by atoms with Gasteiger partial charge in [-0.3, -0.25) is 9.10 Å². The summed E-state index contributed by atoms with van der Waals surface area (Å²) in [5.74, 6) is -1.43. The van der Waals surface area contributed by atoms with E-state index >= 15 is 0 Å². The summed E-state index contributed by atoms with van der Waals surface area (Å²) in [6.07, 6.45) is 0.908. The lowest BCUT2D eigenvalue weighted by atomic mass is 10.2. The van der Waals surface area contributed by atoms with Gasteiger partial charge in [-0.1, -0.05) is 6.07 Å². The number of rotatable bonds is 5. The third-order valence-corrected chi connectivity index (χ3v) is 3.48. The van der Waals surface area contributed by atoms with Crippen LogP contribution < -0.4 is 4.31 Å². The molecule has 0 saturated carbocycles. The van der Waals surface area contributed by atoms with Crippen LogP contribution in [-0.2, 0) is 19.6 Å². The molecule has 1 aromatic rings. The molecule has 0 aliphatic rings. The summed E-state index contributed by atoms with van der Waals surface area (Å²) in [5, 5.41) is 0. The number of benzene rings is 1. The van der Waals surface area contributed by atoms with E-state index in [1.165, 1.54) is 12.1 Å². The highest BCUT2D eigenvalue weighted by atomic mass is 32.2. The van der Waals surface area contributed by atoms with Crippen molar-refractivity contribution < 1.29 is 22.3 Å². The molecule has 1 aromatic carbocycles. The Bertz CT molecular complexity index is 571. The van der Waals surface area contributed by atoms with Crippen molar-refractivity contribution in [1.29, 1.82) is 0 Å². The number of anilines is 1. The van der Waals surface area contributed by atoms with Crippen LogP contribution in [0.25, 0.3) is 0 Å². The van der Waals surface area contributed by atoms with Gasteiger partial charge in [0.25, 0.3) is 0 Å². The number of nitrogens with zero attached hydrogens (tertiary/aromatic N) is 1. The fourth-order valence-corrected chi connectivity index (χ4v) is 2.36. The van der Waals surface area contributed by atoms with Gasteiger partial charge in [-0.05, 0) is 31.5 Å². The highest BCUT2D eigenvalue weighted by Crippen LogP contribution is 2.22. The largest absolute Gasteiger partial charge is 0.465 e. The minimum absolute atomic E-state index is 0.132. The Balaban J connectivity index is 3.14. The van der Waals surface area contributed by atoms with Gasteiger partial charge in [-0.25, -0.2) is 12.8 Å². The van der Waals surface area contributed by atoms with Crippen LogP contribution in [0.4, 0.5) is 10.1 Å². The Morgan fingerprint density at radius 1 is 1.42 bits per heavy atom. The molecule has 0 heterocycles. The van der Waals surface area contributed by atoms with Crippen LogP contribution in [0.5, 0.6) is 0 Å². The smallest absolute Gasteiger partial charge is 0.326 e. The molecule has 19 heavy (non-hydrogen) atoms. The average molecular weight is 289 g/mol. The summed E-state index contributed by atoms with van der Waals surface area (Å²) < 4.78 is 42.5. The molecule has 7 heteroatoms. The predicted molar refractivity (Wildman–Crippen MR) is 70.0 cm³/mol. The molecule has 0 aliphatic carbocycles. The lowest BCUT2D eigenvalue weighted by molar-refractivity contribution is -0.141. The van der Waals surface area contributed by atoms with Crippen molar-refractivity contribution in [2.45, 2.75) is 13.8 Å². The maximum absolute atomic E-state index is 13.8. The Morgan fingerprint density at radius 2 is 2.05 bits per heavy atom. The first-order chi connectivity index (χ1) is 8.75. The van der Waals surface area contributed by atoms with E-state index in [2.05, 4.69) is 4.74 Å². The van der Waals surface area contributed by atoms with E-state index < -0.39 is 28.4 Å². The van der Waals surface area contributed by atoms with Crippen LogP contribution in [-0.4, -0.2) is 33.8 Å². The topological polar surface area (TPSA) is 63.7 Å². The molecule has 106 valence electrons. The van der Waals surface area contributed by atoms with Crippen molar-refractivity contribution in [3.8, 4) is 0 Å². The predicted octanol–water partition coefficient (Wildman–Crippen LogP) is 1.46. The first-order valence-corrected chi connectivity index (χ1v) is 7.50. The standard InChI is InChI=1S/C12H16FNO4S/c1-4-18-12(15)8-14(19(3,16)17)11-6-5-9(2)7-10(11)13/h5-7H,4,8H2,1-3H3. The summed E-state index contributed by atoms with van der Waals surface area (Å²) in [7, 11) is -3.77. The lowest BCUT2D eigenvalue weighted by Gasteiger charge is -2.21. The Morgan fingerprint density at radius 3 is 2.53 bits per heavy atom. The molecule has 0 aromatic heterocycles. The van der Waals surface area contributed by atoms with Crippen LogP contribution in [0, 0.1) is 12.7 Å². The number of carbonyl (C=O) groups is 1. The van der Waals surface area contributed by atoms with Gasteiger partial charge in [-0.15, -0.1) is 0 Å². The quantitative estimate of drug-likeness (QED) is 0.770. The fraction of sp³-hybridized carbons (Fsp3) is 0.417. The van der Waals surface area contributed by atoms with Crippen LogP contribution >= 0.6 is 0 Å². The molecule has 0 saturated heterocycles. The number of esters is 1. The van der Waals surface area contributed by atoms with Crippen LogP contribution in [0.15, 0.2) is 18.2 Å². The van der Waals surface area contributed by atoms with Gasteiger partial charge in [0, 0.05) is 0 Å². The van der Waals surface area contributed by atoms with Crippen molar-refractivity contribution >= 4 is 21.7 Å². The first kappa shape index (κ1) is 15.4. The third-order valence-electron chi connectivity index (χ3n) is 2.35. The summed E-state index contributed by atoms with van der Waals surface area (Å²) in [6.45, 7) is 2.87. The summed E-state index contributed by atoms with van der Waals surface area (Å²) >= 11 is 0. The normalized spacial score (nSPS) is 11.2.